The van der Waals surface area contributed by atoms with Crippen LogP contribution in [0, 0.1) is 13.8 Å². The maximum absolute atomic E-state index is 13.4. The molecule has 3 aromatic rings. The molecule has 4 nitrogen and oxygen atoms in total. The summed E-state index contributed by atoms with van der Waals surface area (Å²) >= 11 is 5.11. The van der Waals surface area contributed by atoms with Crippen molar-refractivity contribution in [2.75, 3.05) is 31.1 Å². The number of anilines is 1. The predicted octanol–water partition coefficient (Wildman–Crippen LogP) is 6.09. The molecule has 0 unspecified atom stereocenters. The summed E-state index contributed by atoms with van der Waals surface area (Å²) < 4.78 is 1.92. The molecular weight excluding hydrogens is 470 g/mol. The van der Waals surface area contributed by atoms with Gasteiger partial charge in [-0.05, 0) is 78.3 Å². The second-order valence-electron chi connectivity index (χ2n) is 6.86. The number of fused-ring (bicyclic) bond motifs is 1. The lowest BCUT2D eigenvalue weighted by molar-refractivity contribution is 0.0983. The zero-order valence-electron chi connectivity index (χ0n) is 17.2. The van der Waals surface area contributed by atoms with Gasteiger partial charge in [-0.15, -0.1) is 12.4 Å². The quantitative estimate of drug-likeness (QED) is 0.397. The van der Waals surface area contributed by atoms with Crippen molar-refractivity contribution in [2.24, 2.45) is 0 Å². The first-order valence-corrected chi connectivity index (χ1v) is 11.2. The van der Waals surface area contributed by atoms with E-state index in [0.717, 1.165) is 39.5 Å². The molecule has 0 saturated carbocycles. The molecule has 1 amide bonds. The van der Waals surface area contributed by atoms with Crippen molar-refractivity contribution in [3.05, 3.63) is 57.6 Å². The third-order valence-electron chi connectivity index (χ3n) is 5.11. The number of nitrogens with zero attached hydrogens (tertiary/aromatic N) is 3. The molecule has 0 radical (unpaired) electrons. The Balaban J connectivity index is 0.00000300. The van der Waals surface area contributed by atoms with E-state index >= 15 is 0 Å². The summed E-state index contributed by atoms with van der Waals surface area (Å²) in [4.78, 5) is 22.4. The summed E-state index contributed by atoms with van der Waals surface area (Å²) in [5.74, 6) is -0.0212. The Morgan fingerprint density at radius 3 is 2.38 bits per heavy atom. The maximum Gasteiger partial charge on any atom is 0.261 e. The fourth-order valence-corrected chi connectivity index (χ4v) is 4.65. The lowest BCUT2D eigenvalue weighted by atomic mass is 10.1. The van der Waals surface area contributed by atoms with E-state index in [-0.39, 0.29) is 18.3 Å². The zero-order valence-corrected chi connectivity index (χ0v) is 20.5. The molecule has 2 aromatic carbocycles. The Labute approximate surface area is 191 Å². The predicted molar refractivity (Wildman–Crippen MR) is 130 cm³/mol. The Hall–Kier alpha value is -1.47. The van der Waals surface area contributed by atoms with Crippen LogP contribution in [0.1, 0.15) is 35.3 Å². The molecule has 3 rings (SSSR count). The number of benzene rings is 2. The summed E-state index contributed by atoms with van der Waals surface area (Å²) in [5.41, 5.74) is 4.08. The number of carbonyl (C=O) groups is 1. The molecule has 0 aliphatic rings. The third-order valence-corrected chi connectivity index (χ3v) is 6.84. The van der Waals surface area contributed by atoms with Gasteiger partial charge in [-0.3, -0.25) is 9.69 Å². The first kappa shape index (κ1) is 23.8. The molecule has 156 valence electrons. The molecule has 7 heteroatoms. The van der Waals surface area contributed by atoms with Crippen LogP contribution in [0.2, 0.25) is 0 Å². The standard InChI is InChI=1S/C22H26BrN3OS.ClH/c1-5-25(6-2)11-12-26(21(27)17-9-7-8-10-18(17)23)22-24-19-13-15(3)16(4)14-20(19)28-22;/h7-10,13-14H,5-6,11-12H2,1-4H3;1H. The number of halogens is 2. The van der Waals surface area contributed by atoms with Crippen LogP contribution in [0.4, 0.5) is 5.13 Å². The highest BCUT2D eigenvalue weighted by atomic mass is 79.9. The lowest BCUT2D eigenvalue weighted by Gasteiger charge is -2.25. The summed E-state index contributed by atoms with van der Waals surface area (Å²) in [6.45, 7) is 11.9. The fourth-order valence-electron chi connectivity index (χ4n) is 3.13. The number of hydrogen-bond donors (Lipinski definition) is 0. The van der Waals surface area contributed by atoms with E-state index in [2.05, 4.69) is 60.7 Å². The molecule has 0 fully saturated rings. The second kappa shape index (κ2) is 10.5. The van der Waals surface area contributed by atoms with Gasteiger partial charge in [0.15, 0.2) is 5.13 Å². The highest BCUT2D eigenvalue weighted by molar-refractivity contribution is 9.10. The van der Waals surface area contributed by atoms with Crippen LogP contribution in [0.15, 0.2) is 40.9 Å². The number of aromatic nitrogens is 1. The Morgan fingerprint density at radius 1 is 1.07 bits per heavy atom. The molecule has 0 bridgehead atoms. The number of aryl methyl sites for hydroxylation is 2. The average molecular weight is 497 g/mol. The van der Waals surface area contributed by atoms with Gasteiger partial charge in [0, 0.05) is 17.6 Å². The van der Waals surface area contributed by atoms with Crippen molar-refractivity contribution in [1.29, 1.82) is 0 Å². The highest BCUT2D eigenvalue weighted by Gasteiger charge is 2.23. The number of rotatable bonds is 7. The van der Waals surface area contributed by atoms with E-state index in [9.17, 15) is 4.79 Å². The van der Waals surface area contributed by atoms with E-state index in [4.69, 9.17) is 4.98 Å². The largest absolute Gasteiger partial charge is 0.302 e. The van der Waals surface area contributed by atoms with Crippen LogP contribution in [-0.2, 0) is 0 Å². The topological polar surface area (TPSA) is 36.4 Å². The van der Waals surface area contributed by atoms with Gasteiger partial charge < -0.3 is 4.90 Å². The van der Waals surface area contributed by atoms with E-state index in [0.29, 0.717) is 12.1 Å². The van der Waals surface area contributed by atoms with Gasteiger partial charge in [-0.1, -0.05) is 37.3 Å². The van der Waals surface area contributed by atoms with Crippen molar-refractivity contribution in [3.63, 3.8) is 0 Å². The summed E-state index contributed by atoms with van der Waals surface area (Å²) in [6.07, 6.45) is 0. The van der Waals surface area contributed by atoms with Crippen LogP contribution in [-0.4, -0.2) is 42.0 Å². The number of thiazole rings is 1. The second-order valence-corrected chi connectivity index (χ2v) is 8.73. The summed E-state index contributed by atoms with van der Waals surface area (Å²) in [6, 6.07) is 11.8. The summed E-state index contributed by atoms with van der Waals surface area (Å²) in [7, 11) is 0. The van der Waals surface area contributed by atoms with E-state index in [1.54, 1.807) is 11.3 Å². The van der Waals surface area contributed by atoms with Gasteiger partial charge in [0.1, 0.15) is 0 Å². The van der Waals surface area contributed by atoms with Gasteiger partial charge in [-0.2, -0.15) is 0 Å². The zero-order chi connectivity index (χ0) is 20.3. The van der Waals surface area contributed by atoms with Crippen LogP contribution in [0.3, 0.4) is 0 Å². The van der Waals surface area contributed by atoms with Crippen LogP contribution in [0.25, 0.3) is 10.2 Å². The Morgan fingerprint density at radius 2 is 1.72 bits per heavy atom. The third kappa shape index (κ3) is 5.37. The molecule has 29 heavy (non-hydrogen) atoms. The Kier molecular flexibility index (Phi) is 8.64. The molecule has 0 N–H and O–H groups in total. The molecule has 0 aliphatic heterocycles. The number of likely N-dealkylation sites (N-methyl/N-ethyl adjacent to an activating group) is 1. The normalized spacial score (nSPS) is 11.0. The van der Waals surface area contributed by atoms with Gasteiger partial charge >= 0.3 is 0 Å². The minimum absolute atomic E-state index is 0. The summed E-state index contributed by atoms with van der Waals surface area (Å²) in [5, 5.41) is 0.757. The number of carbonyl (C=O) groups excluding carboxylic acids is 1. The first-order valence-electron chi connectivity index (χ1n) is 9.61. The molecular formula is C22H27BrClN3OS. The monoisotopic (exact) mass is 495 g/mol. The van der Waals surface area contributed by atoms with Crippen molar-refractivity contribution >= 4 is 60.9 Å². The van der Waals surface area contributed by atoms with Crippen molar-refractivity contribution in [2.45, 2.75) is 27.7 Å². The highest BCUT2D eigenvalue weighted by Crippen LogP contribution is 2.32. The average Bonchev–Trinajstić information content (AvgIpc) is 3.08. The van der Waals surface area contributed by atoms with E-state index in [1.165, 1.54) is 11.1 Å². The number of hydrogen-bond acceptors (Lipinski definition) is 4. The van der Waals surface area contributed by atoms with Crippen LogP contribution >= 0.6 is 39.7 Å². The first-order chi connectivity index (χ1) is 13.4. The molecule has 1 aromatic heterocycles. The maximum atomic E-state index is 13.4. The van der Waals surface area contributed by atoms with Crippen molar-refractivity contribution in [3.8, 4) is 0 Å². The van der Waals surface area contributed by atoms with Gasteiger partial charge in [0.25, 0.3) is 5.91 Å². The smallest absolute Gasteiger partial charge is 0.261 e. The molecule has 1 heterocycles. The SMILES string of the molecule is CCN(CC)CCN(C(=O)c1ccccc1Br)c1nc2cc(C)c(C)cc2s1.Cl. The van der Waals surface area contributed by atoms with Crippen molar-refractivity contribution < 1.29 is 4.79 Å². The van der Waals surface area contributed by atoms with Crippen molar-refractivity contribution in [1.82, 2.24) is 9.88 Å². The molecule has 0 aliphatic carbocycles. The number of amides is 1. The molecule has 0 spiro atoms. The van der Waals surface area contributed by atoms with Crippen LogP contribution in [0.5, 0.6) is 0 Å². The van der Waals surface area contributed by atoms with Gasteiger partial charge in [-0.25, -0.2) is 4.98 Å². The molecule has 0 saturated heterocycles. The van der Waals surface area contributed by atoms with Gasteiger partial charge in [0.05, 0.1) is 15.8 Å². The van der Waals surface area contributed by atoms with E-state index in [1.807, 2.05) is 29.2 Å². The minimum Gasteiger partial charge on any atom is -0.302 e. The van der Waals surface area contributed by atoms with Gasteiger partial charge in [0.2, 0.25) is 0 Å². The Bertz CT molecular complexity index is 948. The molecule has 0 atom stereocenters. The fraction of sp³-hybridized carbons (Fsp3) is 0.364. The van der Waals surface area contributed by atoms with Crippen LogP contribution < -0.4 is 4.90 Å². The minimum atomic E-state index is -0.0212. The van der Waals surface area contributed by atoms with E-state index < -0.39 is 0 Å². The lowest BCUT2D eigenvalue weighted by Crippen LogP contribution is -2.39.